The first-order chi connectivity index (χ1) is 8.50. The van der Waals surface area contributed by atoms with Crippen molar-refractivity contribution in [1.82, 2.24) is 9.80 Å². The molecule has 0 bridgehead atoms. The van der Waals surface area contributed by atoms with Crippen LogP contribution in [-0.2, 0) is 9.59 Å². The molecular formula is C13H22N2O3. The van der Waals surface area contributed by atoms with Crippen LogP contribution in [0, 0.1) is 17.8 Å². The number of carboxylic acid groups (broad SMARTS) is 1. The quantitative estimate of drug-likeness (QED) is 0.750. The molecule has 2 fully saturated rings. The summed E-state index contributed by atoms with van der Waals surface area (Å²) in [6, 6.07) is 0. The van der Waals surface area contributed by atoms with Crippen molar-refractivity contribution < 1.29 is 14.7 Å². The predicted octanol–water partition coefficient (Wildman–Crippen LogP) is 0.507. The standard InChI is InChI=1S/C13H22N2O3/c1-14(2)6-7-15(8-11(16)17)13(18)12-9-4-3-5-10(9)12/h9-10,12H,3-8H2,1-2H3,(H,16,17). The van der Waals surface area contributed by atoms with Gasteiger partial charge in [-0.3, -0.25) is 9.59 Å². The van der Waals surface area contributed by atoms with E-state index in [0.29, 0.717) is 24.9 Å². The number of carbonyl (C=O) groups is 2. The van der Waals surface area contributed by atoms with Gasteiger partial charge in [-0.2, -0.15) is 0 Å². The molecule has 0 saturated heterocycles. The van der Waals surface area contributed by atoms with E-state index in [0.717, 1.165) is 12.8 Å². The van der Waals surface area contributed by atoms with Crippen molar-refractivity contribution in [2.45, 2.75) is 19.3 Å². The highest BCUT2D eigenvalue weighted by atomic mass is 16.4. The van der Waals surface area contributed by atoms with Crippen LogP contribution in [0.1, 0.15) is 19.3 Å². The van der Waals surface area contributed by atoms with E-state index < -0.39 is 5.97 Å². The highest BCUT2D eigenvalue weighted by Gasteiger charge is 2.57. The van der Waals surface area contributed by atoms with Crippen LogP contribution < -0.4 is 0 Å². The average Bonchev–Trinajstić information content (AvgIpc) is 2.76. The molecule has 2 aliphatic rings. The largest absolute Gasteiger partial charge is 0.480 e. The number of fused-ring (bicyclic) bond motifs is 1. The molecule has 2 aliphatic carbocycles. The fourth-order valence-corrected chi connectivity index (χ4v) is 3.15. The molecule has 5 heteroatoms. The molecule has 1 N–H and O–H groups in total. The lowest BCUT2D eigenvalue weighted by atomic mass is 10.1. The van der Waals surface area contributed by atoms with Gasteiger partial charge in [0.25, 0.3) is 0 Å². The summed E-state index contributed by atoms with van der Waals surface area (Å²) < 4.78 is 0. The monoisotopic (exact) mass is 254 g/mol. The Balaban J connectivity index is 1.90. The van der Waals surface area contributed by atoms with Crippen molar-refractivity contribution in [3.8, 4) is 0 Å². The molecule has 2 unspecified atom stereocenters. The Kier molecular flexibility index (Phi) is 3.90. The summed E-state index contributed by atoms with van der Waals surface area (Å²) in [5.74, 6) is 0.364. The molecular weight excluding hydrogens is 232 g/mol. The molecule has 2 saturated carbocycles. The number of carbonyl (C=O) groups excluding carboxylic acids is 1. The highest BCUT2D eigenvalue weighted by molar-refractivity contribution is 5.85. The minimum atomic E-state index is -0.923. The fourth-order valence-electron chi connectivity index (χ4n) is 3.15. The van der Waals surface area contributed by atoms with Gasteiger partial charge in [-0.05, 0) is 38.8 Å². The minimum Gasteiger partial charge on any atom is -0.480 e. The number of aliphatic carboxylic acids is 1. The number of amides is 1. The van der Waals surface area contributed by atoms with Gasteiger partial charge >= 0.3 is 5.97 Å². The van der Waals surface area contributed by atoms with Gasteiger partial charge in [0, 0.05) is 19.0 Å². The Morgan fingerprint density at radius 1 is 1.17 bits per heavy atom. The molecule has 1 amide bonds. The molecule has 0 radical (unpaired) electrons. The van der Waals surface area contributed by atoms with Gasteiger partial charge in [-0.25, -0.2) is 0 Å². The molecule has 102 valence electrons. The Labute approximate surface area is 108 Å². The molecule has 0 aromatic rings. The molecule has 0 aromatic carbocycles. The van der Waals surface area contributed by atoms with Crippen molar-refractivity contribution in [1.29, 1.82) is 0 Å². The summed E-state index contributed by atoms with van der Waals surface area (Å²) >= 11 is 0. The van der Waals surface area contributed by atoms with Crippen molar-refractivity contribution in [2.75, 3.05) is 33.7 Å². The lowest BCUT2D eigenvalue weighted by Gasteiger charge is -2.23. The second kappa shape index (κ2) is 5.26. The fraction of sp³-hybridized carbons (Fsp3) is 0.846. The van der Waals surface area contributed by atoms with Gasteiger partial charge in [0.2, 0.25) is 5.91 Å². The number of rotatable bonds is 6. The second-order valence-electron chi connectivity index (χ2n) is 5.74. The zero-order valence-corrected chi connectivity index (χ0v) is 11.1. The van der Waals surface area contributed by atoms with E-state index in [2.05, 4.69) is 0 Å². The molecule has 18 heavy (non-hydrogen) atoms. The smallest absolute Gasteiger partial charge is 0.323 e. The summed E-state index contributed by atoms with van der Waals surface area (Å²) in [7, 11) is 3.85. The van der Waals surface area contributed by atoms with E-state index in [1.54, 1.807) is 0 Å². The Morgan fingerprint density at radius 2 is 1.78 bits per heavy atom. The number of hydrogen-bond acceptors (Lipinski definition) is 3. The molecule has 2 atom stereocenters. The van der Waals surface area contributed by atoms with Gasteiger partial charge < -0.3 is 14.9 Å². The van der Waals surface area contributed by atoms with Crippen LogP contribution in [0.3, 0.4) is 0 Å². The minimum absolute atomic E-state index is 0.0638. The summed E-state index contributed by atoms with van der Waals surface area (Å²) in [4.78, 5) is 26.6. The number of nitrogens with zero attached hydrogens (tertiary/aromatic N) is 2. The van der Waals surface area contributed by atoms with Gasteiger partial charge in [-0.1, -0.05) is 6.42 Å². The van der Waals surface area contributed by atoms with Crippen molar-refractivity contribution in [3.63, 3.8) is 0 Å². The lowest BCUT2D eigenvalue weighted by Crippen LogP contribution is -2.41. The van der Waals surface area contributed by atoms with Crippen LogP contribution in [0.4, 0.5) is 0 Å². The Bertz CT molecular complexity index is 333. The Morgan fingerprint density at radius 3 is 2.28 bits per heavy atom. The van der Waals surface area contributed by atoms with E-state index in [-0.39, 0.29) is 18.4 Å². The van der Waals surface area contributed by atoms with E-state index in [9.17, 15) is 9.59 Å². The molecule has 2 rings (SSSR count). The van der Waals surface area contributed by atoms with E-state index in [1.807, 2.05) is 19.0 Å². The second-order valence-corrected chi connectivity index (χ2v) is 5.74. The normalized spacial score (nSPS) is 29.2. The van der Waals surface area contributed by atoms with Crippen LogP contribution in [0.25, 0.3) is 0 Å². The van der Waals surface area contributed by atoms with Gasteiger partial charge in [0.05, 0.1) is 0 Å². The van der Waals surface area contributed by atoms with Crippen LogP contribution in [0.5, 0.6) is 0 Å². The zero-order chi connectivity index (χ0) is 13.3. The summed E-state index contributed by atoms with van der Waals surface area (Å²) in [6.45, 7) is 1.05. The maximum Gasteiger partial charge on any atom is 0.323 e. The SMILES string of the molecule is CN(C)CCN(CC(=O)O)C(=O)C1C2CCCC21. The first-order valence-corrected chi connectivity index (χ1v) is 6.66. The Hall–Kier alpha value is -1.10. The first-order valence-electron chi connectivity index (χ1n) is 6.66. The maximum atomic E-state index is 12.3. The highest BCUT2D eigenvalue weighted by Crippen LogP contribution is 2.58. The van der Waals surface area contributed by atoms with Gasteiger partial charge in [-0.15, -0.1) is 0 Å². The summed E-state index contributed by atoms with van der Waals surface area (Å²) in [5.41, 5.74) is 0. The number of likely N-dealkylation sites (N-methyl/N-ethyl adjacent to an activating group) is 1. The first kappa shape index (κ1) is 13.3. The molecule has 5 nitrogen and oxygen atoms in total. The van der Waals surface area contributed by atoms with Crippen LogP contribution in [-0.4, -0.2) is 60.5 Å². The third kappa shape index (κ3) is 2.83. The molecule has 0 spiro atoms. The van der Waals surface area contributed by atoms with Crippen molar-refractivity contribution >= 4 is 11.9 Å². The summed E-state index contributed by atoms with van der Waals surface area (Å²) in [5, 5.41) is 8.90. The third-order valence-electron chi connectivity index (χ3n) is 4.15. The summed E-state index contributed by atoms with van der Waals surface area (Å²) in [6.07, 6.45) is 3.53. The van der Waals surface area contributed by atoms with E-state index in [1.165, 1.54) is 11.3 Å². The van der Waals surface area contributed by atoms with Crippen molar-refractivity contribution in [2.24, 2.45) is 17.8 Å². The third-order valence-corrected chi connectivity index (χ3v) is 4.15. The van der Waals surface area contributed by atoms with Crippen LogP contribution in [0.2, 0.25) is 0 Å². The maximum absolute atomic E-state index is 12.3. The lowest BCUT2D eigenvalue weighted by molar-refractivity contribution is -0.145. The molecule has 0 heterocycles. The van der Waals surface area contributed by atoms with Gasteiger partial charge in [0.15, 0.2) is 0 Å². The van der Waals surface area contributed by atoms with Crippen LogP contribution >= 0.6 is 0 Å². The van der Waals surface area contributed by atoms with Crippen molar-refractivity contribution in [3.05, 3.63) is 0 Å². The number of carboxylic acids is 1. The molecule has 0 aromatic heterocycles. The predicted molar refractivity (Wildman–Crippen MR) is 67.1 cm³/mol. The van der Waals surface area contributed by atoms with Crippen LogP contribution in [0.15, 0.2) is 0 Å². The zero-order valence-electron chi connectivity index (χ0n) is 11.1. The average molecular weight is 254 g/mol. The van der Waals surface area contributed by atoms with E-state index in [4.69, 9.17) is 5.11 Å². The topological polar surface area (TPSA) is 60.9 Å². The number of hydrogen-bond donors (Lipinski definition) is 1. The van der Waals surface area contributed by atoms with Gasteiger partial charge in [0.1, 0.15) is 6.54 Å². The molecule has 0 aliphatic heterocycles. The van der Waals surface area contributed by atoms with E-state index >= 15 is 0 Å².